The largest absolute Gasteiger partial charge is 0.321 e. The molecule has 1 saturated carbocycles. The van der Waals surface area contributed by atoms with Gasteiger partial charge in [-0.25, -0.2) is 4.98 Å². The van der Waals surface area contributed by atoms with Crippen molar-refractivity contribution in [3.63, 3.8) is 0 Å². The van der Waals surface area contributed by atoms with Gasteiger partial charge in [0.2, 0.25) is 0 Å². The van der Waals surface area contributed by atoms with Gasteiger partial charge < -0.3 is 4.57 Å². The van der Waals surface area contributed by atoms with Crippen molar-refractivity contribution in [2.24, 2.45) is 0 Å². The van der Waals surface area contributed by atoms with E-state index < -0.39 is 0 Å². The minimum Gasteiger partial charge on any atom is -0.321 e. The second kappa shape index (κ2) is 4.70. The van der Waals surface area contributed by atoms with Crippen LogP contribution < -0.4 is 0 Å². The lowest BCUT2D eigenvalue weighted by Crippen LogP contribution is -2.38. The minimum absolute atomic E-state index is 0.181. The highest BCUT2D eigenvalue weighted by Crippen LogP contribution is 2.42. The summed E-state index contributed by atoms with van der Waals surface area (Å²) in [5, 5.41) is 1.19. The van der Waals surface area contributed by atoms with Gasteiger partial charge in [-0.1, -0.05) is 18.2 Å². The summed E-state index contributed by atoms with van der Waals surface area (Å²) in [4.78, 5) is 9.36. The molecule has 1 aliphatic carbocycles. The third kappa shape index (κ3) is 1.87. The molecular formula is C17H18ClN3. The second-order valence-corrected chi connectivity index (χ2v) is 6.54. The molecule has 0 saturated heterocycles. The lowest BCUT2D eigenvalue weighted by Gasteiger charge is -2.41. The SMILES string of the molecule is CC1(n2c(CCCl)nc3cnc4ccccc4c32)CCC1. The minimum atomic E-state index is 0.181. The number of pyridine rings is 1. The zero-order valence-electron chi connectivity index (χ0n) is 12.1. The molecule has 4 heteroatoms. The van der Waals surface area contributed by atoms with Crippen LogP contribution in [0.5, 0.6) is 0 Å². The van der Waals surface area contributed by atoms with E-state index in [2.05, 4.69) is 34.7 Å². The molecule has 0 N–H and O–H groups in total. The van der Waals surface area contributed by atoms with Crippen LogP contribution in [0.15, 0.2) is 30.5 Å². The van der Waals surface area contributed by atoms with Gasteiger partial charge in [0.25, 0.3) is 0 Å². The number of nitrogens with zero attached hydrogens (tertiary/aromatic N) is 3. The monoisotopic (exact) mass is 299 g/mol. The lowest BCUT2D eigenvalue weighted by molar-refractivity contribution is 0.170. The average Bonchev–Trinajstić information content (AvgIpc) is 2.84. The van der Waals surface area contributed by atoms with Gasteiger partial charge in [-0.05, 0) is 32.3 Å². The summed E-state index contributed by atoms with van der Waals surface area (Å²) in [6.07, 6.45) is 6.42. The summed E-state index contributed by atoms with van der Waals surface area (Å²) < 4.78 is 2.44. The first-order valence-electron chi connectivity index (χ1n) is 7.54. The number of rotatable bonds is 3. The fourth-order valence-corrected chi connectivity index (χ4v) is 3.67. The summed E-state index contributed by atoms with van der Waals surface area (Å²) in [5.41, 5.74) is 3.43. The van der Waals surface area contributed by atoms with E-state index in [1.54, 1.807) is 0 Å². The maximum Gasteiger partial charge on any atom is 0.111 e. The summed E-state index contributed by atoms with van der Waals surface area (Å²) in [5.74, 6) is 1.70. The topological polar surface area (TPSA) is 30.7 Å². The number of fused-ring (bicyclic) bond motifs is 3. The van der Waals surface area contributed by atoms with E-state index in [4.69, 9.17) is 16.6 Å². The maximum absolute atomic E-state index is 6.00. The molecule has 0 amide bonds. The number of imidazole rings is 1. The van der Waals surface area contributed by atoms with Crippen molar-refractivity contribution >= 4 is 33.5 Å². The number of hydrogen-bond donors (Lipinski definition) is 0. The van der Waals surface area contributed by atoms with Crippen LogP contribution in [0.2, 0.25) is 0 Å². The van der Waals surface area contributed by atoms with Crippen molar-refractivity contribution in [3.8, 4) is 0 Å². The zero-order valence-corrected chi connectivity index (χ0v) is 12.9. The number of aryl methyl sites for hydroxylation is 1. The normalized spacial score (nSPS) is 17.2. The van der Waals surface area contributed by atoms with E-state index in [9.17, 15) is 0 Å². The van der Waals surface area contributed by atoms with Crippen molar-refractivity contribution in [2.45, 2.75) is 38.1 Å². The summed E-state index contributed by atoms with van der Waals surface area (Å²) in [6, 6.07) is 8.32. The third-order valence-corrected chi connectivity index (χ3v) is 4.94. The zero-order chi connectivity index (χ0) is 14.4. The van der Waals surface area contributed by atoms with Crippen molar-refractivity contribution in [2.75, 3.05) is 5.88 Å². The molecular weight excluding hydrogens is 282 g/mol. The molecule has 0 atom stereocenters. The van der Waals surface area contributed by atoms with E-state index in [1.165, 1.54) is 30.2 Å². The Bertz CT molecular complexity index is 817. The fraction of sp³-hybridized carbons (Fsp3) is 0.412. The Balaban J connectivity index is 2.10. The van der Waals surface area contributed by atoms with Gasteiger partial charge in [0.05, 0.1) is 17.2 Å². The van der Waals surface area contributed by atoms with E-state index in [0.29, 0.717) is 5.88 Å². The van der Waals surface area contributed by atoms with E-state index in [-0.39, 0.29) is 5.54 Å². The number of hydrogen-bond acceptors (Lipinski definition) is 2. The van der Waals surface area contributed by atoms with E-state index in [1.807, 2.05) is 12.3 Å². The fourth-order valence-electron chi connectivity index (χ4n) is 3.50. The molecule has 4 rings (SSSR count). The highest BCUT2D eigenvalue weighted by molar-refractivity contribution is 6.18. The number of halogens is 1. The molecule has 3 aromatic rings. The Morgan fingerprint density at radius 2 is 2.05 bits per heavy atom. The van der Waals surface area contributed by atoms with Crippen molar-refractivity contribution in [1.29, 1.82) is 0 Å². The van der Waals surface area contributed by atoms with Gasteiger partial charge in [0.1, 0.15) is 11.3 Å². The smallest absolute Gasteiger partial charge is 0.111 e. The van der Waals surface area contributed by atoms with Gasteiger partial charge in [-0.3, -0.25) is 4.98 Å². The first-order chi connectivity index (χ1) is 10.2. The molecule has 0 bridgehead atoms. The molecule has 21 heavy (non-hydrogen) atoms. The molecule has 1 aliphatic rings. The predicted molar refractivity (Wildman–Crippen MR) is 87.0 cm³/mol. The van der Waals surface area contributed by atoms with Gasteiger partial charge in [0, 0.05) is 23.2 Å². The molecule has 108 valence electrons. The molecule has 0 unspecified atom stereocenters. The van der Waals surface area contributed by atoms with E-state index >= 15 is 0 Å². The maximum atomic E-state index is 6.00. The van der Waals surface area contributed by atoms with Crippen LogP contribution in [0.25, 0.3) is 21.9 Å². The first-order valence-corrected chi connectivity index (χ1v) is 8.08. The molecule has 2 aromatic heterocycles. The molecule has 0 spiro atoms. The highest BCUT2D eigenvalue weighted by atomic mass is 35.5. The van der Waals surface area contributed by atoms with Gasteiger partial charge in [0.15, 0.2) is 0 Å². The number of para-hydroxylation sites is 1. The van der Waals surface area contributed by atoms with Crippen LogP contribution in [0.4, 0.5) is 0 Å². The molecule has 0 radical (unpaired) electrons. The lowest BCUT2D eigenvalue weighted by atomic mass is 9.78. The van der Waals surface area contributed by atoms with Gasteiger partial charge in [-0.2, -0.15) is 0 Å². The Labute approximate surface area is 129 Å². The Kier molecular flexibility index (Phi) is 2.93. The van der Waals surface area contributed by atoms with Gasteiger partial charge in [-0.15, -0.1) is 11.6 Å². The van der Waals surface area contributed by atoms with Crippen molar-refractivity contribution < 1.29 is 0 Å². The number of alkyl halides is 1. The summed E-state index contributed by atoms with van der Waals surface area (Å²) in [7, 11) is 0. The summed E-state index contributed by atoms with van der Waals surface area (Å²) >= 11 is 6.00. The molecule has 3 nitrogen and oxygen atoms in total. The first kappa shape index (κ1) is 13.1. The molecule has 1 fully saturated rings. The average molecular weight is 300 g/mol. The Morgan fingerprint density at radius 3 is 2.76 bits per heavy atom. The van der Waals surface area contributed by atoms with Crippen molar-refractivity contribution in [3.05, 3.63) is 36.3 Å². The van der Waals surface area contributed by atoms with Crippen LogP contribution in [0.1, 0.15) is 32.0 Å². The molecule has 1 aromatic carbocycles. The molecule has 0 aliphatic heterocycles. The van der Waals surface area contributed by atoms with E-state index in [0.717, 1.165) is 23.3 Å². The predicted octanol–water partition coefficient (Wildman–Crippen LogP) is 4.26. The Morgan fingerprint density at radius 1 is 1.24 bits per heavy atom. The van der Waals surface area contributed by atoms with Crippen LogP contribution in [-0.2, 0) is 12.0 Å². The Hall–Kier alpha value is -1.61. The van der Waals surface area contributed by atoms with Crippen LogP contribution in [0.3, 0.4) is 0 Å². The van der Waals surface area contributed by atoms with Crippen molar-refractivity contribution in [1.82, 2.24) is 14.5 Å². The van der Waals surface area contributed by atoms with Crippen LogP contribution in [-0.4, -0.2) is 20.4 Å². The van der Waals surface area contributed by atoms with Crippen LogP contribution in [0, 0.1) is 0 Å². The number of aromatic nitrogens is 3. The van der Waals surface area contributed by atoms with Gasteiger partial charge >= 0.3 is 0 Å². The summed E-state index contributed by atoms with van der Waals surface area (Å²) in [6.45, 7) is 2.34. The van der Waals surface area contributed by atoms with Crippen LogP contribution >= 0.6 is 11.6 Å². The number of benzene rings is 1. The molecule has 2 heterocycles. The third-order valence-electron chi connectivity index (χ3n) is 4.75. The quantitative estimate of drug-likeness (QED) is 0.676. The second-order valence-electron chi connectivity index (χ2n) is 6.16. The highest BCUT2D eigenvalue weighted by Gasteiger charge is 2.37. The standard InChI is InChI=1S/C17H18ClN3/c1-17(8-4-9-17)21-15(7-10-18)20-14-11-19-13-6-3-2-5-12(13)16(14)21/h2-3,5-6,11H,4,7-10H2,1H3.